The molecule has 0 aliphatic rings. The van der Waals surface area contributed by atoms with Gasteiger partial charge in [0, 0.05) is 11.4 Å². The van der Waals surface area contributed by atoms with Gasteiger partial charge in [0.25, 0.3) is 0 Å². The van der Waals surface area contributed by atoms with E-state index in [-0.39, 0.29) is 11.9 Å². The van der Waals surface area contributed by atoms with Gasteiger partial charge in [-0.05, 0) is 64.8 Å². The molecule has 1 amide bonds. The first-order valence-electron chi connectivity index (χ1n) is 8.08. The third-order valence-corrected chi connectivity index (χ3v) is 4.05. The number of carbonyl (C=O) groups is 1. The van der Waals surface area contributed by atoms with Gasteiger partial charge in [0.1, 0.15) is 0 Å². The Hall–Kier alpha value is -2.14. The maximum absolute atomic E-state index is 12.1. The molecule has 2 rings (SSSR count). The van der Waals surface area contributed by atoms with E-state index in [9.17, 15) is 4.79 Å². The molecule has 0 aliphatic heterocycles. The Balaban J connectivity index is 1.72. The van der Waals surface area contributed by atoms with Crippen LogP contribution in [0.3, 0.4) is 0 Å². The third kappa shape index (κ3) is 4.93. The largest absolute Gasteiger partial charge is 0.325 e. The van der Waals surface area contributed by atoms with E-state index in [1.807, 2.05) is 52.0 Å². The molecule has 5 nitrogen and oxygen atoms in total. The van der Waals surface area contributed by atoms with Crippen LogP contribution in [0.1, 0.15) is 35.9 Å². The predicted molar refractivity (Wildman–Crippen MR) is 93.7 cm³/mol. The van der Waals surface area contributed by atoms with Crippen molar-refractivity contribution in [3.63, 3.8) is 0 Å². The van der Waals surface area contributed by atoms with Gasteiger partial charge in [-0.1, -0.05) is 17.7 Å². The zero-order valence-corrected chi connectivity index (χ0v) is 14.4. The van der Waals surface area contributed by atoms with Crippen LogP contribution in [-0.4, -0.2) is 28.7 Å². The van der Waals surface area contributed by atoms with Gasteiger partial charge in [-0.15, -0.1) is 0 Å². The zero-order valence-electron chi connectivity index (χ0n) is 14.4. The number of aromatic amines is 1. The van der Waals surface area contributed by atoms with E-state index in [1.54, 1.807) is 0 Å². The summed E-state index contributed by atoms with van der Waals surface area (Å²) in [6, 6.07) is 7.60. The van der Waals surface area contributed by atoms with Crippen LogP contribution in [0, 0.1) is 20.8 Å². The molecule has 2 aromatic rings. The minimum absolute atomic E-state index is 0.00970. The number of carbonyl (C=O) groups excluding carboxylic acids is 1. The Kier molecular flexibility index (Phi) is 5.93. The molecule has 0 bridgehead atoms. The standard InChI is InChI=1S/C18H26N4O/c1-12-7-9-16(10-8-12)20-18(23)15(4)19-11-5-6-17-13(2)21-22-14(17)3/h7-10,15,19H,5-6,11H2,1-4H3,(H,20,23)(H,21,22). The molecular formula is C18H26N4O. The SMILES string of the molecule is Cc1ccc(NC(=O)C(C)NCCCc2c(C)n[nH]c2C)cc1. The Morgan fingerprint density at radius 2 is 1.91 bits per heavy atom. The lowest BCUT2D eigenvalue weighted by Crippen LogP contribution is -2.38. The lowest BCUT2D eigenvalue weighted by Gasteiger charge is -2.14. The average Bonchev–Trinajstić information content (AvgIpc) is 2.85. The topological polar surface area (TPSA) is 69.8 Å². The monoisotopic (exact) mass is 314 g/mol. The third-order valence-electron chi connectivity index (χ3n) is 4.05. The second-order valence-corrected chi connectivity index (χ2v) is 6.05. The molecule has 3 N–H and O–H groups in total. The number of hydrogen-bond acceptors (Lipinski definition) is 3. The van der Waals surface area contributed by atoms with E-state index >= 15 is 0 Å². The number of aryl methyl sites for hydroxylation is 3. The number of benzene rings is 1. The maximum atomic E-state index is 12.1. The quantitative estimate of drug-likeness (QED) is 0.688. The van der Waals surface area contributed by atoms with Crippen LogP contribution < -0.4 is 10.6 Å². The van der Waals surface area contributed by atoms with Crippen molar-refractivity contribution in [1.82, 2.24) is 15.5 Å². The molecule has 0 radical (unpaired) electrons. The van der Waals surface area contributed by atoms with Crippen molar-refractivity contribution in [3.8, 4) is 0 Å². The zero-order chi connectivity index (χ0) is 16.8. The molecule has 124 valence electrons. The van der Waals surface area contributed by atoms with E-state index in [4.69, 9.17) is 0 Å². The first-order valence-corrected chi connectivity index (χ1v) is 8.08. The highest BCUT2D eigenvalue weighted by atomic mass is 16.2. The van der Waals surface area contributed by atoms with Gasteiger partial charge in [-0.3, -0.25) is 9.89 Å². The lowest BCUT2D eigenvalue weighted by molar-refractivity contribution is -0.117. The van der Waals surface area contributed by atoms with Crippen LogP contribution in [0.15, 0.2) is 24.3 Å². The number of hydrogen-bond donors (Lipinski definition) is 3. The summed E-state index contributed by atoms with van der Waals surface area (Å²) in [6.07, 6.45) is 1.94. The molecule has 1 aromatic carbocycles. The molecule has 23 heavy (non-hydrogen) atoms. The molecule has 5 heteroatoms. The van der Waals surface area contributed by atoms with E-state index in [0.717, 1.165) is 36.5 Å². The number of anilines is 1. The summed E-state index contributed by atoms with van der Waals surface area (Å²) in [4.78, 5) is 12.1. The van der Waals surface area contributed by atoms with E-state index in [1.165, 1.54) is 11.1 Å². The molecule has 0 aliphatic carbocycles. The highest BCUT2D eigenvalue weighted by Gasteiger charge is 2.12. The Labute approximate surface area is 137 Å². The minimum Gasteiger partial charge on any atom is -0.325 e. The summed E-state index contributed by atoms with van der Waals surface area (Å²) in [6.45, 7) is 8.77. The van der Waals surface area contributed by atoms with Crippen molar-refractivity contribution < 1.29 is 4.79 Å². The first-order chi connectivity index (χ1) is 11.0. The Bertz CT molecular complexity index is 626. The Morgan fingerprint density at radius 3 is 2.52 bits per heavy atom. The van der Waals surface area contributed by atoms with Crippen LogP contribution in [0.4, 0.5) is 5.69 Å². The van der Waals surface area contributed by atoms with Gasteiger partial charge in [0.15, 0.2) is 0 Å². The maximum Gasteiger partial charge on any atom is 0.241 e. The number of rotatable bonds is 7. The van der Waals surface area contributed by atoms with Gasteiger partial charge >= 0.3 is 0 Å². The predicted octanol–water partition coefficient (Wildman–Crippen LogP) is 2.88. The second-order valence-electron chi connectivity index (χ2n) is 6.05. The summed E-state index contributed by atoms with van der Waals surface area (Å²) in [5.41, 5.74) is 5.49. The summed E-state index contributed by atoms with van der Waals surface area (Å²) in [5.74, 6) is -0.00970. The van der Waals surface area contributed by atoms with Crippen molar-refractivity contribution >= 4 is 11.6 Å². The van der Waals surface area contributed by atoms with Gasteiger partial charge in [0.05, 0.1) is 11.7 Å². The fraction of sp³-hybridized carbons (Fsp3) is 0.444. The highest BCUT2D eigenvalue weighted by Crippen LogP contribution is 2.11. The van der Waals surface area contributed by atoms with E-state index in [0.29, 0.717) is 0 Å². The number of nitrogens with one attached hydrogen (secondary N) is 3. The van der Waals surface area contributed by atoms with Crippen molar-refractivity contribution in [2.45, 2.75) is 46.6 Å². The van der Waals surface area contributed by atoms with Crippen LogP contribution in [-0.2, 0) is 11.2 Å². The van der Waals surface area contributed by atoms with Crippen LogP contribution >= 0.6 is 0 Å². The van der Waals surface area contributed by atoms with Gasteiger partial charge < -0.3 is 10.6 Å². The number of aromatic nitrogens is 2. The molecule has 0 fully saturated rings. The van der Waals surface area contributed by atoms with Crippen molar-refractivity contribution in [3.05, 3.63) is 46.8 Å². The van der Waals surface area contributed by atoms with Crippen molar-refractivity contribution in [2.75, 3.05) is 11.9 Å². The van der Waals surface area contributed by atoms with Gasteiger partial charge in [0.2, 0.25) is 5.91 Å². The minimum atomic E-state index is -0.220. The van der Waals surface area contributed by atoms with Crippen molar-refractivity contribution in [1.29, 1.82) is 0 Å². The first kappa shape index (κ1) is 17.2. The van der Waals surface area contributed by atoms with Gasteiger partial charge in [-0.2, -0.15) is 5.10 Å². The van der Waals surface area contributed by atoms with Crippen LogP contribution in [0.25, 0.3) is 0 Å². The number of H-pyrrole nitrogens is 1. The summed E-state index contributed by atoms with van der Waals surface area (Å²) in [5, 5.41) is 13.4. The fourth-order valence-electron chi connectivity index (χ4n) is 2.51. The fourth-order valence-corrected chi connectivity index (χ4v) is 2.51. The highest BCUT2D eigenvalue weighted by molar-refractivity contribution is 5.94. The number of amides is 1. The smallest absolute Gasteiger partial charge is 0.241 e. The van der Waals surface area contributed by atoms with Crippen molar-refractivity contribution in [2.24, 2.45) is 0 Å². The summed E-state index contributed by atoms with van der Waals surface area (Å²) in [7, 11) is 0. The molecule has 0 spiro atoms. The summed E-state index contributed by atoms with van der Waals surface area (Å²) < 4.78 is 0. The average molecular weight is 314 g/mol. The van der Waals surface area contributed by atoms with E-state index in [2.05, 4.69) is 20.8 Å². The lowest BCUT2D eigenvalue weighted by atomic mass is 10.1. The molecule has 1 unspecified atom stereocenters. The van der Waals surface area contributed by atoms with Crippen LogP contribution in [0.2, 0.25) is 0 Å². The molecular weight excluding hydrogens is 288 g/mol. The molecule has 1 heterocycles. The van der Waals surface area contributed by atoms with Gasteiger partial charge in [-0.25, -0.2) is 0 Å². The molecule has 0 saturated carbocycles. The van der Waals surface area contributed by atoms with Crippen LogP contribution in [0.5, 0.6) is 0 Å². The number of nitrogens with zero attached hydrogens (tertiary/aromatic N) is 1. The van der Waals surface area contributed by atoms with E-state index < -0.39 is 0 Å². The Morgan fingerprint density at radius 1 is 1.22 bits per heavy atom. The molecule has 1 aromatic heterocycles. The normalized spacial score (nSPS) is 12.2. The molecule has 0 saturated heterocycles. The second kappa shape index (κ2) is 7.92. The summed E-state index contributed by atoms with van der Waals surface area (Å²) >= 11 is 0. The molecule has 1 atom stereocenters.